The number of sulfonamides is 1. The van der Waals surface area contributed by atoms with Crippen molar-refractivity contribution in [1.29, 1.82) is 0 Å². The molecule has 0 bridgehead atoms. The number of benzene rings is 2. The second kappa shape index (κ2) is 12.2. The highest BCUT2D eigenvalue weighted by atomic mass is 32.2. The Morgan fingerprint density at radius 3 is 2.46 bits per heavy atom. The van der Waals surface area contributed by atoms with Gasteiger partial charge in [-0.15, -0.1) is 11.3 Å². The number of carboxylic acids is 1. The Kier molecular flexibility index (Phi) is 9.03. The molecule has 41 heavy (non-hydrogen) atoms. The van der Waals surface area contributed by atoms with Crippen LogP contribution in [-0.4, -0.2) is 37.7 Å². The lowest BCUT2D eigenvalue weighted by Gasteiger charge is -2.26. The van der Waals surface area contributed by atoms with Gasteiger partial charge in [-0.1, -0.05) is 26.0 Å². The molecule has 1 aliphatic carbocycles. The summed E-state index contributed by atoms with van der Waals surface area (Å²) in [6.07, 6.45) is 4.56. The van der Waals surface area contributed by atoms with Crippen molar-refractivity contribution >= 4 is 38.6 Å². The summed E-state index contributed by atoms with van der Waals surface area (Å²) < 4.78 is 69.6. The van der Waals surface area contributed by atoms with Crippen LogP contribution in [0.1, 0.15) is 62.9 Å². The molecule has 2 N–H and O–H groups in total. The lowest BCUT2D eigenvalue weighted by Crippen LogP contribution is -2.15. The zero-order chi connectivity index (χ0) is 30.1. The second-order valence-electron chi connectivity index (χ2n) is 10.4. The number of hydrogen-bond acceptors (Lipinski definition) is 7. The molecule has 0 radical (unpaired) electrons. The van der Waals surface area contributed by atoms with Crippen LogP contribution in [0.4, 0.5) is 14.5 Å². The van der Waals surface area contributed by atoms with Crippen LogP contribution in [-0.2, 0) is 10.0 Å². The first-order chi connectivity index (χ1) is 19.3. The van der Waals surface area contributed by atoms with E-state index in [-0.39, 0.29) is 33.9 Å². The number of nitrogens with zero attached hydrogens (tertiary/aromatic N) is 1. The van der Waals surface area contributed by atoms with Crippen molar-refractivity contribution in [3.05, 3.63) is 58.5 Å². The van der Waals surface area contributed by atoms with E-state index in [1.54, 1.807) is 26.0 Å². The van der Waals surface area contributed by atoms with Crippen molar-refractivity contribution in [2.45, 2.75) is 58.1 Å². The zero-order valence-corrected chi connectivity index (χ0v) is 25.0. The lowest BCUT2D eigenvalue weighted by molar-refractivity contribution is 0.0691. The summed E-state index contributed by atoms with van der Waals surface area (Å²) in [7, 11) is -3.18. The van der Waals surface area contributed by atoms with Crippen LogP contribution in [0.5, 0.6) is 11.5 Å². The molecule has 220 valence electrons. The Hall–Kier alpha value is -3.51. The molecule has 0 saturated carbocycles. The van der Waals surface area contributed by atoms with Crippen LogP contribution >= 0.6 is 11.3 Å². The number of allylic oxidation sites excluding steroid dienone is 2. The summed E-state index contributed by atoms with van der Waals surface area (Å²) in [6, 6.07) is 4.94. The predicted octanol–water partition coefficient (Wildman–Crippen LogP) is 7.22. The molecule has 1 aliphatic rings. The minimum Gasteiger partial charge on any atom is -0.495 e. The summed E-state index contributed by atoms with van der Waals surface area (Å²) in [5, 5.41) is 10.0. The molecule has 0 saturated heterocycles. The number of methoxy groups -OCH3 is 1. The quantitative estimate of drug-likeness (QED) is 0.250. The van der Waals surface area contributed by atoms with E-state index < -0.39 is 38.2 Å². The van der Waals surface area contributed by atoms with E-state index in [1.165, 1.54) is 12.5 Å². The topological polar surface area (TPSA) is 115 Å². The number of carbonyl (C=O) groups is 1. The highest BCUT2D eigenvalue weighted by Gasteiger charge is 2.27. The molecule has 1 atom stereocenters. The molecular formula is C29H32F2N2O6S2. The van der Waals surface area contributed by atoms with Crippen molar-refractivity contribution in [2.75, 3.05) is 11.8 Å². The average Bonchev–Trinajstić information content (AvgIpc) is 3.40. The Bertz CT molecular complexity index is 1600. The summed E-state index contributed by atoms with van der Waals surface area (Å²) in [4.78, 5) is 15.4. The maximum absolute atomic E-state index is 16.0. The van der Waals surface area contributed by atoms with E-state index in [4.69, 9.17) is 14.6 Å². The van der Waals surface area contributed by atoms with E-state index >= 15 is 4.39 Å². The van der Waals surface area contributed by atoms with E-state index in [0.717, 1.165) is 42.2 Å². The van der Waals surface area contributed by atoms with Crippen LogP contribution in [0.2, 0.25) is 0 Å². The first kappa shape index (κ1) is 30.4. The van der Waals surface area contributed by atoms with E-state index in [0.29, 0.717) is 23.5 Å². The molecule has 1 heterocycles. The SMILES string of the molecule is COc1cc(C(=O)O)c(F)cc1NS(=O)(=O)c1csc(-c2ccc(C3=CCC(C(C)C)CC3)c(OC(C)C)c2F)n1. The largest absolute Gasteiger partial charge is 0.495 e. The van der Waals surface area contributed by atoms with Gasteiger partial charge in [0.1, 0.15) is 16.6 Å². The molecule has 1 aromatic heterocycles. The van der Waals surface area contributed by atoms with Gasteiger partial charge in [-0.2, -0.15) is 8.42 Å². The molecule has 0 aliphatic heterocycles. The highest BCUT2D eigenvalue weighted by Crippen LogP contribution is 2.42. The van der Waals surface area contributed by atoms with Gasteiger partial charge in [0.25, 0.3) is 10.0 Å². The number of halogens is 2. The van der Waals surface area contributed by atoms with E-state index in [9.17, 15) is 17.6 Å². The van der Waals surface area contributed by atoms with Crippen molar-refractivity contribution in [2.24, 2.45) is 11.8 Å². The Morgan fingerprint density at radius 2 is 1.88 bits per heavy atom. The first-order valence-corrected chi connectivity index (χ1v) is 15.5. The van der Waals surface area contributed by atoms with Gasteiger partial charge in [0.05, 0.1) is 30.0 Å². The monoisotopic (exact) mass is 606 g/mol. The number of carboxylic acid groups (broad SMARTS) is 1. The normalized spacial score (nSPS) is 15.6. The number of anilines is 1. The van der Waals surface area contributed by atoms with Gasteiger partial charge in [0.15, 0.2) is 16.6 Å². The summed E-state index contributed by atoms with van der Waals surface area (Å²) in [5.41, 5.74) is 0.787. The summed E-state index contributed by atoms with van der Waals surface area (Å²) in [5.74, 6) is -2.28. The Balaban J connectivity index is 1.67. The fraction of sp³-hybridized carbons (Fsp3) is 0.379. The molecule has 2 aromatic carbocycles. The number of thiazole rings is 1. The van der Waals surface area contributed by atoms with Gasteiger partial charge in [-0.3, -0.25) is 4.72 Å². The van der Waals surface area contributed by atoms with Gasteiger partial charge in [0, 0.05) is 17.0 Å². The van der Waals surface area contributed by atoms with Crippen LogP contribution < -0.4 is 14.2 Å². The third kappa shape index (κ3) is 6.54. The fourth-order valence-electron chi connectivity index (χ4n) is 4.70. The van der Waals surface area contributed by atoms with Crippen LogP contribution in [0, 0.1) is 23.5 Å². The highest BCUT2D eigenvalue weighted by molar-refractivity contribution is 7.92. The lowest BCUT2D eigenvalue weighted by atomic mass is 9.80. The van der Waals surface area contributed by atoms with Gasteiger partial charge >= 0.3 is 5.97 Å². The molecule has 4 rings (SSSR count). The molecular weight excluding hydrogens is 574 g/mol. The van der Waals surface area contributed by atoms with Crippen molar-refractivity contribution in [3.8, 4) is 22.1 Å². The molecule has 0 fully saturated rings. The summed E-state index contributed by atoms with van der Waals surface area (Å²) >= 11 is 0.923. The molecule has 1 unspecified atom stereocenters. The second-order valence-corrected chi connectivity index (χ2v) is 12.9. The summed E-state index contributed by atoms with van der Waals surface area (Å²) in [6.45, 7) is 8.01. The first-order valence-electron chi connectivity index (χ1n) is 13.1. The van der Waals surface area contributed by atoms with E-state index in [1.807, 2.05) is 0 Å². The number of nitrogens with one attached hydrogen (secondary N) is 1. The molecule has 0 amide bonds. The van der Waals surface area contributed by atoms with Gasteiger partial charge in [-0.05, 0) is 62.7 Å². The molecule has 3 aromatic rings. The number of ether oxygens (including phenoxy) is 2. The van der Waals surface area contributed by atoms with Crippen LogP contribution in [0.15, 0.2) is 40.7 Å². The Morgan fingerprint density at radius 1 is 1.17 bits per heavy atom. The minimum absolute atomic E-state index is 0.0850. The number of aromatic nitrogens is 1. The standard InChI is InChI=1S/C29H32F2N2O6S2/c1-15(2)17-6-8-18(9-7-17)19-10-11-20(26(31)27(19)39-16(3)4)28-32-25(14-40-28)41(36,37)33-23-13-22(30)21(29(34)35)12-24(23)38-5/h8,10-17,33H,6-7,9H2,1-5H3,(H,34,35). The van der Waals surface area contributed by atoms with Crippen LogP contribution in [0.3, 0.4) is 0 Å². The fourth-order valence-corrected chi connectivity index (χ4v) is 6.87. The maximum atomic E-state index is 16.0. The van der Waals surface area contributed by atoms with Crippen molar-refractivity contribution < 1.29 is 36.6 Å². The van der Waals surface area contributed by atoms with Gasteiger partial charge < -0.3 is 14.6 Å². The average molecular weight is 607 g/mol. The number of rotatable bonds is 10. The third-order valence-electron chi connectivity index (χ3n) is 6.94. The third-order valence-corrected chi connectivity index (χ3v) is 9.22. The Labute approximate surface area is 242 Å². The van der Waals surface area contributed by atoms with Crippen molar-refractivity contribution in [1.82, 2.24) is 4.98 Å². The predicted molar refractivity (Wildman–Crippen MR) is 154 cm³/mol. The number of hydrogen-bond donors (Lipinski definition) is 2. The van der Waals surface area contributed by atoms with Crippen molar-refractivity contribution in [3.63, 3.8) is 0 Å². The minimum atomic E-state index is -4.37. The number of aromatic carboxylic acids is 1. The van der Waals surface area contributed by atoms with Gasteiger partial charge in [-0.25, -0.2) is 18.6 Å². The molecule has 8 nitrogen and oxygen atoms in total. The van der Waals surface area contributed by atoms with Crippen LogP contribution in [0.25, 0.3) is 16.1 Å². The van der Waals surface area contributed by atoms with E-state index in [2.05, 4.69) is 29.6 Å². The molecule has 0 spiro atoms. The maximum Gasteiger partial charge on any atom is 0.338 e. The van der Waals surface area contributed by atoms with Gasteiger partial charge in [0.2, 0.25) is 0 Å². The zero-order valence-electron chi connectivity index (χ0n) is 23.3. The molecule has 12 heteroatoms. The smallest absolute Gasteiger partial charge is 0.338 e.